The van der Waals surface area contributed by atoms with Gasteiger partial charge in [-0.3, -0.25) is 0 Å². The Morgan fingerprint density at radius 3 is 1.59 bits per heavy atom. The maximum absolute atomic E-state index is 15.6. The van der Waals surface area contributed by atoms with Crippen molar-refractivity contribution in [3.05, 3.63) is 58.1 Å². The van der Waals surface area contributed by atoms with Gasteiger partial charge in [0.25, 0.3) is 0 Å². The van der Waals surface area contributed by atoms with Gasteiger partial charge in [0.2, 0.25) is 5.75 Å². The van der Waals surface area contributed by atoms with E-state index < -0.39 is 13.4 Å². The molecule has 6 nitrogen and oxygen atoms in total. The third-order valence-electron chi connectivity index (χ3n) is 6.44. The predicted molar refractivity (Wildman–Crippen MR) is 148 cm³/mol. The van der Waals surface area contributed by atoms with Crippen LogP contribution in [0.2, 0.25) is 0 Å². The fraction of sp³-hybridized carbons (Fsp3) is 0.333. The fourth-order valence-corrected chi connectivity index (χ4v) is 9.23. The summed E-state index contributed by atoms with van der Waals surface area (Å²) in [7, 11) is 0.825. The van der Waals surface area contributed by atoms with Crippen LogP contribution in [0.4, 0.5) is 8.78 Å². The number of benzene rings is 3. The molecule has 0 bridgehead atoms. The van der Waals surface area contributed by atoms with Gasteiger partial charge in [-0.1, -0.05) is 22.6 Å². The lowest BCUT2D eigenvalue weighted by molar-refractivity contribution is -0.287. The molecule has 4 rings (SSSR count). The number of halogens is 3. The van der Waals surface area contributed by atoms with Gasteiger partial charge in [0.15, 0.2) is 18.6 Å². The van der Waals surface area contributed by atoms with Gasteiger partial charge < -0.3 is 28.2 Å². The van der Waals surface area contributed by atoms with E-state index in [1.54, 1.807) is 14.2 Å². The van der Waals surface area contributed by atoms with E-state index in [4.69, 9.17) is 23.7 Å². The zero-order valence-electron chi connectivity index (χ0n) is 21.6. The van der Waals surface area contributed by atoms with E-state index in [0.717, 1.165) is 22.3 Å². The molecule has 37 heavy (non-hydrogen) atoms. The SMILES string of the molecule is COc1cc(P(=O)(c2cc(C)c(OC)c(C)c2)c2cc(C)c(OC)c(C)c2)c(CI)c2c1OC(F)(F)O2. The van der Waals surface area contributed by atoms with Crippen molar-refractivity contribution < 1.29 is 37.0 Å². The summed E-state index contributed by atoms with van der Waals surface area (Å²) in [5.74, 6) is 1.01. The van der Waals surface area contributed by atoms with Gasteiger partial charge in [-0.25, -0.2) is 0 Å². The molecule has 0 N–H and O–H groups in total. The normalized spacial score (nSPS) is 14.0. The monoisotopic (exact) mass is 644 g/mol. The Balaban J connectivity index is 2.15. The topological polar surface area (TPSA) is 63.2 Å². The maximum atomic E-state index is 15.6. The number of hydrogen-bond acceptors (Lipinski definition) is 6. The molecule has 10 heteroatoms. The number of aryl methyl sites for hydroxylation is 4. The first kappa shape index (κ1) is 27.5. The highest BCUT2D eigenvalue weighted by molar-refractivity contribution is 14.1. The van der Waals surface area contributed by atoms with Crippen molar-refractivity contribution in [3.63, 3.8) is 0 Å². The molecule has 0 saturated heterocycles. The average molecular weight is 644 g/mol. The van der Waals surface area contributed by atoms with Gasteiger partial charge in [-0.15, -0.1) is 8.78 Å². The van der Waals surface area contributed by atoms with E-state index in [1.165, 1.54) is 13.2 Å². The van der Waals surface area contributed by atoms with Gasteiger partial charge in [0, 0.05) is 25.9 Å². The first-order valence-electron chi connectivity index (χ1n) is 11.4. The van der Waals surface area contributed by atoms with Crippen LogP contribution in [0.15, 0.2) is 30.3 Å². The Labute approximate surface area is 228 Å². The number of fused-ring (bicyclic) bond motifs is 1. The molecule has 0 fully saturated rings. The number of alkyl halides is 3. The molecule has 0 amide bonds. The summed E-state index contributed by atoms with van der Waals surface area (Å²) in [6.07, 6.45) is -3.86. The van der Waals surface area contributed by atoms with E-state index in [2.05, 4.69) is 22.6 Å². The zero-order chi connectivity index (χ0) is 27.3. The van der Waals surface area contributed by atoms with Crippen LogP contribution in [0.25, 0.3) is 0 Å². The molecule has 1 aliphatic heterocycles. The first-order valence-corrected chi connectivity index (χ1v) is 14.6. The van der Waals surface area contributed by atoms with Crippen LogP contribution in [-0.2, 0) is 8.99 Å². The van der Waals surface area contributed by atoms with Gasteiger partial charge in [0.1, 0.15) is 11.5 Å². The van der Waals surface area contributed by atoms with Crippen molar-refractivity contribution in [3.8, 4) is 28.7 Å². The van der Waals surface area contributed by atoms with Crippen LogP contribution in [0, 0.1) is 27.7 Å². The molecule has 0 spiro atoms. The van der Waals surface area contributed by atoms with Crippen LogP contribution < -0.4 is 39.6 Å². The van der Waals surface area contributed by atoms with E-state index in [1.807, 2.05) is 52.0 Å². The lowest BCUT2D eigenvalue weighted by Crippen LogP contribution is -2.29. The molecule has 0 aromatic heterocycles. The number of ether oxygens (including phenoxy) is 5. The highest BCUT2D eigenvalue weighted by atomic mass is 127. The number of rotatable bonds is 7. The molecule has 0 radical (unpaired) electrons. The summed E-state index contributed by atoms with van der Waals surface area (Å²) >= 11 is 2.05. The summed E-state index contributed by atoms with van der Waals surface area (Å²) in [5.41, 5.74) is 3.56. The minimum atomic E-state index is -3.86. The van der Waals surface area contributed by atoms with E-state index in [-0.39, 0.29) is 21.7 Å². The van der Waals surface area contributed by atoms with Crippen LogP contribution in [0.1, 0.15) is 27.8 Å². The molecule has 0 aliphatic carbocycles. The Kier molecular flexibility index (Phi) is 7.42. The predicted octanol–water partition coefficient (Wildman–Crippen LogP) is 5.84. The van der Waals surface area contributed by atoms with Crippen molar-refractivity contribution >= 4 is 45.6 Å². The Hall–Kier alpha value is -2.52. The molecule has 0 saturated carbocycles. The van der Waals surface area contributed by atoms with Gasteiger partial charge in [-0.05, 0) is 80.3 Å². The largest absolute Gasteiger partial charge is 0.586 e. The van der Waals surface area contributed by atoms with Crippen LogP contribution >= 0.6 is 29.7 Å². The molecule has 0 unspecified atom stereocenters. The molecular weight excluding hydrogens is 616 g/mol. The number of methoxy groups -OCH3 is 3. The van der Waals surface area contributed by atoms with Crippen LogP contribution in [0.3, 0.4) is 0 Å². The van der Waals surface area contributed by atoms with E-state index in [9.17, 15) is 8.78 Å². The van der Waals surface area contributed by atoms with Crippen LogP contribution in [-0.4, -0.2) is 27.6 Å². The standard InChI is InChI=1S/C27H28F2IO6P/c1-14-8-18(9-15(2)23(14)33-6)37(31,19-10-16(3)24(34-7)17(4)11-19)22-12-21(32-5)26-25(20(22)13-30)35-27(28,29)36-26/h8-12H,13H2,1-7H3. The molecule has 3 aromatic carbocycles. The van der Waals surface area contributed by atoms with E-state index in [0.29, 0.717) is 33.0 Å². The minimum absolute atomic E-state index is 0.0138. The van der Waals surface area contributed by atoms with Gasteiger partial charge >= 0.3 is 6.29 Å². The third-order valence-corrected chi connectivity index (χ3v) is 10.3. The second-order valence-electron chi connectivity index (χ2n) is 8.87. The lowest BCUT2D eigenvalue weighted by atomic mass is 10.1. The maximum Gasteiger partial charge on any atom is 0.586 e. The summed E-state index contributed by atoms with van der Waals surface area (Å²) in [4.78, 5) is 0. The Morgan fingerprint density at radius 2 is 1.22 bits per heavy atom. The Morgan fingerprint density at radius 1 is 0.784 bits per heavy atom. The molecular formula is C27H28F2IO6P. The number of hydrogen-bond donors (Lipinski definition) is 0. The van der Waals surface area contributed by atoms with Crippen molar-refractivity contribution in [1.29, 1.82) is 0 Å². The summed E-state index contributed by atoms with van der Waals surface area (Å²) in [6.45, 7) is 7.52. The van der Waals surface area contributed by atoms with Crippen molar-refractivity contribution in [2.75, 3.05) is 21.3 Å². The zero-order valence-corrected chi connectivity index (χ0v) is 24.7. The highest BCUT2D eigenvalue weighted by Gasteiger charge is 2.48. The van der Waals surface area contributed by atoms with E-state index >= 15 is 4.57 Å². The molecule has 0 atom stereocenters. The molecule has 3 aromatic rings. The highest BCUT2D eigenvalue weighted by Crippen LogP contribution is 2.54. The third kappa shape index (κ3) is 4.54. The smallest absolute Gasteiger partial charge is 0.496 e. The first-order chi connectivity index (χ1) is 17.4. The van der Waals surface area contributed by atoms with Crippen molar-refractivity contribution in [2.45, 2.75) is 38.4 Å². The van der Waals surface area contributed by atoms with Crippen molar-refractivity contribution in [1.82, 2.24) is 0 Å². The summed E-state index contributed by atoms with van der Waals surface area (Å²) in [5, 5.41) is 1.41. The minimum Gasteiger partial charge on any atom is -0.496 e. The second kappa shape index (κ2) is 9.98. The van der Waals surface area contributed by atoms with Gasteiger partial charge in [-0.2, -0.15) is 0 Å². The summed E-state index contributed by atoms with van der Waals surface area (Å²) in [6, 6.07) is 8.82. The van der Waals surface area contributed by atoms with Crippen molar-refractivity contribution in [2.24, 2.45) is 0 Å². The summed E-state index contributed by atoms with van der Waals surface area (Å²) < 4.78 is 70.5. The van der Waals surface area contributed by atoms with Gasteiger partial charge in [0.05, 0.1) is 21.3 Å². The molecule has 1 aliphatic rings. The second-order valence-corrected chi connectivity index (χ2v) is 12.4. The fourth-order valence-electron chi connectivity index (χ4n) is 4.96. The lowest BCUT2D eigenvalue weighted by Gasteiger charge is -2.26. The average Bonchev–Trinajstić information content (AvgIpc) is 3.16. The van der Waals surface area contributed by atoms with Crippen LogP contribution in [0.5, 0.6) is 28.7 Å². The molecule has 198 valence electrons. The quantitative estimate of drug-likeness (QED) is 0.183. The molecule has 1 heterocycles. The Bertz CT molecular complexity index is 1330.